The van der Waals surface area contributed by atoms with Crippen LogP contribution in [-0.2, 0) is 18.4 Å². The lowest BCUT2D eigenvalue weighted by Gasteiger charge is -2.20. The molecule has 1 aliphatic rings. The first kappa shape index (κ1) is 16.7. The van der Waals surface area contributed by atoms with Gasteiger partial charge in [-0.25, -0.2) is 4.98 Å². The molecule has 2 aromatic heterocycles. The van der Waals surface area contributed by atoms with E-state index in [4.69, 9.17) is 4.74 Å². The molecular weight excluding hydrogens is 350 g/mol. The summed E-state index contributed by atoms with van der Waals surface area (Å²) in [6.45, 7) is 2.82. The summed E-state index contributed by atoms with van der Waals surface area (Å²) in [5.41, 5.74) is 3.83. The van der Waals surface area contributed by atoms with Gasteiger partial charge in [0.25, 0.3) is 5.91 Å². The average molecular weight is 369 g/mol. The topological polar surface area (TPSA) is 81.1 Å². The second kappa shape index (κ2) is 6.89. The molecule has 0 spiro atoms. The third kappa shape index (κ3) is 3.47. The Morgan fingerprint density at radius 2 is 2.35 bits per heavy atom. The van der Waals surface area contributed by atoms with Crippen molar-refractivity contribution in [3.63, 3.8) is 0 Å². The van der Waals surface area contributed by atoms with Gasteiger partial charge in [0.1, 0.15) is 10.8 Å². The summed E-state index contributed by atoms with van der Waals surface area (Å²) in [4.78, 5) is 16.1. The molecule has 1 unspecified atom stereocenters. The Kier molecular flexibility index (Phi) is 4.44. The molecule has 0 saturated heterocycles. The number of aryl methyl sites for hydroxylation is 1. The molecule has 0 saturated carbocycles. The number of benzene rings is 1. The standard InChI is InChI=1S/C18H19N5O2S/c1-11(12-3-4-16-15(5-12)22-17(24)9-25-16)19-7-14-10-26-18(21-14)13-6-20-23(2)8-13/h3-6,8,10-11,19H,7,9H2,1-2H3,(H,22,24). The van der Waals surface area contributed by atoms with E-state index in [1.165, 1.54) is 0 Å². The molecule has 0 aliphatic carbocycles. The number of thiazole rings is 1. The second-order valence-electron chi connectivity index (χ2n) is 6.24. The smallest absolute Gasteiger partial charge is 0.262 e. The summed E-state index contributed by atoms with van der Waals surface area (Å²) in [7, 11) is 1.90. The zero-order valence-corrected chi connectivity index (χ0v) is 15.3. The Morgan fingerprint density at radius 3 is 3.15 bits per heavy atom. The van der Waals surface area contributed by atoms with Gasteiger partial charge < -0.3 is 15.4 Å². The fraction of sp³-hybridized carbons (Fsp3) is 0.278. The predicted octanol–water partition coefficient (Wildman–Crippen LogP) is 2.73. The number of amides is 1. The van der Waals surface area contributed by atoms with Gasteiger partial charge in [0.05, 0.1) is 17.6 Å². The lowest BCUT2D eigenvalue weighted by Crippen LogP contribution is -2.26. The minimum atomic E-state index is -0.124. The van der Waals surface area contributed by atoms with Crippen molar-refractivity contribution >= 4 is 22.9 Å². The van der Waals surface area contributed by atoms with Crippen molar-refractivity contribution in [2.75, 3.05) is 11.9 Å². The molecule has 1 atom stereocenters. The molecule has 26 heavy (non-hydrogen) atoms. The highest BCUT2D eigenvalue weighted by atomic mass is 32.1. The van der Waals surface area contributed by atoms with Crippen molar-refractivity contribution in [3.8, 4) is 16.3 Å². The minimum Gasteiger partial charge on any atom is -0.482 e. The van der Waals surface area contributed by atoms with Crippen LogP contribution in [0.25, 0.3) is 10.6 Å². The molecule has 1 aromatic carbocycles. The van der Waals surface area contributed by atoms with E-state index >= 15 is 0 Å². The number of nitrogens with zero attached hydrogens (tertiary/aromatic N) is 3. The van der Waals surface area contributed by atoms with E-state index in [-0.39, 0.29) is 18.6 Å². The maximum Gasteiger partial charge on any atom is 0.262 e. The second-order valence-corrected chi connectivity index (χ2v) is 7.10. The summed E-state index contributed by atoms with van der Waals surface area (Å²) < 4.78 is 7.17. The van der Waals surface area contributed by atoms with Gasteiger partial charge in [0.15, 0.2) is 6.61 Å². The molecule has 7 nitrogen and oxygen atoms in total. The molecule has 1 amide bonds. The number of rotatable bonds is 5. The highest BCUT2D eigenvalue weighted by molar-refractivity contribution is 7.13. The van der Waals surface area contributed by atoms with Crippen molar-refractivity contribution in [3.05, 3.63) is 47.2 Å². The number of ether oxygens (including phenoxy) is 1. The molecule has 8 heteroatoms. The van der Waals surface area contributed by atoms with E-state index in [2.05, 4.69) is 33.0 Å². The lowest BCUT2D eigenvalue weighted by atomic mass is 10.1. The Hall–Kier alpha value is -2.71. The van der Waals surface area contributed by atoms with Crippen LogP contribution in [0.2, 0.25) is 0 Å². The van der Waals surface area contributed by atoms with Crippen molar-refractivity contribution in [2.45, 2.75) is 19.5 Å². The fourth-order valence-corrected chi connectivity index (χ4v) is 3.59. The molecule has 1 aliphatic heterocycles. The molecule has 4 rings (SSSR count). The third-order valence-electron chi connectivity index (χ3n) is 4.23. The number of carbonyl (C=O) groups is 1. The van der Waals surface area contributed by atoms with Crippen LogP contribution in [0.5, 0.6) is 5.75 Å². The van der Waals surface area contributed by atoms with Gasteiger partial charge in [0.2, 0.25) is 0 Å². The Morgan fingerprint density at radius 1 is 1.46 bits per heavy atom. The predicted molar refractivity (Wildman–Crippen MR) is 100 cm³/mol. The molecule has 0 radical (unpaired) electrons. The average Bonchev–Trinajstić information content (AvgIpc) is 3.27. The van der Waals surface area contributed by atoms with Crippen LogP contribution < -0.4 is 15.4 Å². The van der Waals surface area contributed by atoms with Crippen molar-refractivity contribution in [1.82, 2.24) is 20.1 Å². The first-order valence-electron chi connectivity index (χ1n) is 8.32. The molecule has 2 N–H and O–H groups in total. The maximum absolute atomic E-state index is 11.5. The highest BCUT2D eigenvalue weighted by Gasteiger charge is 2.17. The third-order valence-corrected chi connectivity index (χ3v) is 5.17. The Bertz CT molecular complexity index is 949. The molecule has 134 valence electrons. The minimum absolute atomic E-state index is 0.0727. The lowest BCUT2D eigenvalue weighted by molar-refractivity contribution is -0.118. The van der Waals surface area contributed by atoms with Gasteiger partial charge >= 0.3 is 0 Å². The highest BCUT2D eigenvalue weighted by Crippen LogP contribution is 2.30. The SMILES string of the molecule is CC(NCc1csc(-c2cnn(C)c2)n1)c1ccc2c(c1)NC(=O)CO2. The fourth-order valence-electron chi connectivity index (χ4n) is 2.80. The number of aromatic nitrogens is 3. The molecule has 0 bridgehead atoms. The summed E-state index contributed by atoms with van der Waals surface area (Å²) in [6, 6.07) is 5.97. The van der Waals surface area contributed by atoms with Gasteiger partial charge in [-0.05, 0) is 24.6 Å². The van der Waals surface area contributed by atoms with Gasteiger partial charge in [-0.2, -0.15) is 5.10 Å². The Labute approximate surface area is 155 Å². The quantitative estimate of drug-likeness (QED) is 0.723. The van der Waals surface area contributed by atoms with Crippen LogP contribution in [0.3, 0.4) is 0 Å². The van der Waals surface area contributed by atoms with E-state index in [0.717, 1.165) is 27.5 Å². The first-order chi connectivity index (χ1) is 12.6. The first-order valence-corrected chi connectivity index (χ1v) is 9.20. The summed E-state index contributed by atoms with van der Waals surface area (Å²) in [6.07, 6.45) is 3.78. The number of fused-ring (bicyclic) bond motifs is 1. The molecule has 0 fully saturated rings. The van der Waals surface area contributed by atoms with E-state index in [1.54, 1.807) is 16.0 Å². The normalized spacial score (nSPS) is 14.5. The number of hydrogen-bond acceptors (Lipinski definition) is 6. The van der Waals surface area contributed by atoms with Crippen molar-refractivity contribution in [1.29, 1.82) is 0 Å². The zero-order valence-electron chi connectivity index (χ0n) is 14.5. The summed E-state index contributed by atoms with van der Waals surface area (Å²) in [5, 5.41) is 13.5. The molecule has 3 heterocycles. The van der Waals surface area contributed by atoms with Crippen LogP contribution in [0.1, 0.15) is 24.2 Å². The van der Waals surface area contributed by atoms with Crippen molar-refractivity contribution < 1.29 is 9.53 Å². The largest absolute Gasteiger partial charge is 0.482 e. The van der Waals surface area contributed by atoms with Crippen LogP contribution >= 0.6 is 11.3 Å². The number of anilines is 1. The zero-order chi connectivity index (χ0) is 18.1. The monoisotopic (exact) mass is 369 g/mol. The van der Waals surface area contributed by atoms with Crippen LogP contribution in [-0.4, -0.2) is 27.3 Å². The number of carbonyl (C=O) groups excluding carboxylic acids is 1. The van der Waals surface area contributed by atoms with Gasteiger partial charge in [-0.15, -0.1) is 11.3 Å². The van der Waals surface area contributed by atoms with E-state index in [1.807, 2.05) is 37.6 Å². The van der Waals surface area contributed by atoms with Crippen molar-refractivity contribution in [2.24, 2.45) is 7.05 Å². The van der Waals surface area contributed by atoms with Crippen LogP contribution in [0.4, 0.5) is 5.69 Å². The van der Waals surface area contributed by atoms with E-state index in [0.29, 0.717) is 12.3 Å². The van der Waals surface area contributed by atoms with Crippen LogP contribution in [0.15, 0.2) is 36.0 Å². The molecular formula is C18H19N5O2S. The van der Waals surface area contributed by atoms with Crippen LogP contribution in [0, 0.1) is 0 Å². The Balaban J connectivity index is 1.41. The van der Waals surface area contributed by atoms with E-state index in [9.17, 15) is 4.79 Å². The summed E-state index contributed by atoms with van der Waals surface area (Å²) >= 11 is 1.61. The number of hydrogen-bond donors (Lipinski definition) is 2. The van der Waals surface area contributed by atoms with E-state index < -0.39 is 0 Å². The maximum atomic E-state index is 11.5. The summed E-state index contributed by atoms with van der Waals surface area (Å²) in [5.74, 6) is 0.585. The number of nitrogens with one attached hydrogen (secondary N) is 2. The van der Waals surface area contributed by atoms with Gasteiger partial charge in [-0.1, -0.05) is 6.07 Å². The molecule has 3 aromatic rings. The van der Waals surface area contributed by atoms with Gasteiger partial charge in [-0.3, -0.25) is 9.48 Å². The van der Waals surface area contributed by atoms with Gasteiger partial charge in [0, 0.05) is 36.8 Å².